The Labute approximate surface area is 65.9 Å². The highest BCUT2D eigenvalue weighted by atomic mass is 35.7. The number of halogens is 1. The summed E-state index contributed by atoms with van der Waals surface area (Å²) >= 11 is 4.84. The van der Waals surface area contributed by atoms with E-state index in [1.807, 2.05) is 30.3 Å². The summed E-state index contributed by atoms with van der Waals surface area (Å²) < 4.78 is 0. The van der Waals surface area contributed by atoms with Crippen LogP contribution in [-0.4, -0.2) is 0 Å². The van der Waals surface area contributed by atoms with E-state index in [2.05, 4.69) is 0 Å². The molecule has 0 saturated heterocycles. The topological polar surface area (TPSA) is 0 Å². The van der Waals surface area contributed by atoms with E-state index in [1.165, 1.54) is 0 Å². The molecule has 1 rings (SSSR count). The van der Waals surface area contributed by atoms with Gasteiger partial charge in [-0.05, 0) is 34.0 Å². The first kappa shape index (κ1) is 7.19. The van der Waals surface area contributed by atoms with E-state index in [-0.39, 0.29) is 0 Å². The lowest BCUT2D eigenvalue weighted by molar-refractivity contribution is 1.47. The molecule has 0 fully saturated rings. The maximum absolute atomic E-state index is 5.65. The average molecular weight is 177 g/mol. The third-order valence-electron chi connectivity index (χ3n) is 0.929. The number of hydrogen-bond donors (Lipinski definition) is 0. The average Bonchev–Trinajstić information content (AvgIpc) is 1.90. The van der Waals surface area contributed by atoms with Crippen molar-refractivity contribution in [3.8, 4) is 0 Å². The highest BCUT2D eigenvalue weighted by Gasteiger charge is 1.89. The SMILES string of the molecule is S=S(Cl)c1ccccc1. The van der Waals surface area contributed by atoms with E-state index in [4.69, 9.17) is 21.9 Å². The zero-order chi connectivity index (χ0) is 6.69. The van der Waals surface area contributed by atoms with Crippen molar-refractivity contribution in [2.24, 2.45) is 0 Å². The van der Waals surface area contributed by atoms with Crippen LogP contribution in [0, 0.1) is 0 Å². The van der Waals surface area contributed by atoms with Gasteiger partial charge in [0.1, 0.15) is 0 Å². The van der Waals surface area contributed by atoms with Crippen molar-refractivity contribution in [3.05, 3.63) is 30.3 Å². The Balaban J connectivity index is 2.98. The molecule has 0 amide bonds. The predicted octanol–water partition coefficient (Wildman–Crippen LogP) is 2.28. The van der Waals surface area contributed by atoms with Crippen LogP contribution in [0.5, 0.6) is 0 Å². The molecule has 0 nitrogen and oxygen atoms in total. The van der Waals surface area contributed by atoms with E-state index in [0.717, 1.165) is 4.90 Å². The lowest BCUT2D eigenvalue weighted by Crippen LogP contribution is -1.75. The molecule has 1 unspecified atom stereocenters. The third-order valence-corrected chi connectivity index (χ3v) is 2.68. The van der Waals surface area contributed by atoms with Crippen LogP contribution in [0.1, 0.15) is 0 Å². The molecule has 0 bridgehead atoms. The highest BCUT2D eigenvalue weighted by molar-refractivity contribution is 8.42. The molecular formula is C6H5ClS2. The zero-order valence-corrected chi connectivity index (χ0v) is 6.97. The van der Waals surface area contributed by atoms with E-state index in [9.17, 15) is 0 Å². The second-order valence-corrected chi connectivity index (χ2v) is 4.93. The minimum atomic E-state index is -0.523. The first-order chi connectivity index (χ1) is 4.30. The summed E-state index contributed by atoms with van der Waals surface area (Å²) in [5.41, 5.74) is 0. The van der Waals surface area contributed by atoms with E-state index in [1.54, 1.807) is 0 Å². The molecule has 0 heterocycles. The molecule has 48 valence electrons. The summed E-state index contributed by atoms with van der Waals surface area (Å²) in [5.74, 6) is 0. The smallest absolute Gasteiger partial charge is 0.0269 e. The highest BCUT2D eigenvalue weighted by Crippen LogP contribution is 2.07. The molecule has 0 radical (unpaired) electrons. The Bertz CT molecular complexity index is 208. The van der Waals surface area contributed by atoms with Crippen molar-refractivity contribution in [2.45, 2.75) is 4.90 Å². The van der Waals surface area contributed by atoms with Gasteiger partial charge in [-0.25, -0.2) is 0 Å². The molecule has 1 atom stereocenters. The molecule has 1 aromatic rings. The molecule has 0 aliphatic carbocycles. The fourth-order valence-electron chi connectivity index (χ4n) is 0.527. The monoisotopic (exact) mass is 176 g/mol. The second kappa shape index (κ2) is 3.30. The number of rotatable bonds is 1. The van der Waals surface area contributed by atoms with Gasteiger partial charge in [-0.2, -0.15) is 0 Å². The van der Waals surface area contributed by atoms with Crippen LogP contribution in [0.4, 0.5) is 0 Å². The molecule has 0 saturated carbocycles. The summed E-state index contributed by atoms with van der Waals surface area (Å²) in [7, 11) is 5.12. The number of hydrogen-bond acceptors (Lipinski definition) is 1. The minimum Gasteiger partial charge on any atom is -0.0622 e. The van der Waals surface area contributed by atoms with E-state index < -0.39 is 8.67 Å². The molecule has 0 spiro atoms. The molecular weight excluding hydrogens is 172 g/mol. The van der Waals surface area contributed by atoms with Gasteiger partial charge in [-0.3, -0.25) is 0 Å². The summed E-state index contributed by atoms with van der Waals surface area (Å²) in [6.45, 7) is 0. The lowest BCUT2D eigenvalue weighted by Gasteiger charge is -1.91. The normalized spacial score (nSPS) is 13.0. The standard InChI is InChI=1S/C6H5ClS2/c7-9(8)6-4-2-1-3-5-6/h1-5H. The summed E-state index contributed by atoms with van der Waals surface area (Å²) in [5, 5.41) is 0. The van der Waals surface area contributed by atoms with E-state index in [0.29, 0.717) is 0 Å². The van der Waals surface area contributed by atoms with Gasteiger partial charge in [-0.1, -0.05) is 18.2 Å². The Hall–Kier alpha value is 0.0800. The quantitative estimate of drug-likeness (QED) is 0.592. The van der Waals surface area contributed by atoms with Crippen molar-refractivity contribution in [3.63, 3.8) is 0 Å². The van der Waals surface area contributed by atoms with Crippen molar-refractivity contribution in [1.29, 1.82) is 0 Å². The van der Waals surface area contributed by atoms with Crippen molar-refractivity contribution < 1.29 is 0 Å². The zero-order valence-electron chi connectivity index (χ0n) is 4.58. The Morgan fingerprint density at radius 2 is 1.78 bits per heavy atom. The van der Waals surface area contributed by atoms with Gasteiger partial charge in [0, 0.05) is 13.6 Å². The Kier molecular flexibility index (Phi) is 2.64. The molecule has 1 aromatic carbocycles. The Morgan fingerprint density at radius 1 is 1.22 bits per heavy atom. The van der Waals surface area contributed by atoms with Crippen LogP contribution in [0.15, 0.2) is 35.2 Å². The minimum absolute atomic E-state index is 0.523. The second-order valence-electron chi connectivity index (χ2n) is 1.54. The maximum atomic E-state index is 5.65. The molecule has 3 heteroatoms. The lowest BCUT2D eigenvalue weighted by atomic mass is 10.4. The van der Waals surface area contributed by atoms with Gasteiger partial charge < -0.3 is 0 Å². The van der Waals surface area contributed by atoms with Crippen molar-refractivity contribution in [2.75, 3.05) is 0 Å². The fourth-order valence-corrected chi connectivity index (χ4v) is 1.54. The van der Waals surface area contributed by atoms with Gasteiger partial charge in [-0.15, -0.1) is 0 Å². The van der Waals surface area contributed by atoms with Crippen molar-refractivity contribution >= 4 is 30.5 Å². The fraction of sp³-hybridized carbons (Fsp3) is 0. The summed E-state index contributed by atoms with van der Waals surface area (Å²) in [4.78, 5) is 1.02. The predicted molar refractivity (Wildman–Crippen MR) is 45.3 cm³/mol. The van der Waals surface area contributed by atoms with Crippen LogP contribution in [-0.2, 0) is 19.9 Å². The van der Waals surface area contributed by atoms with Gasteiger partial charge in [0.2, 0.25) is 0 Å². The largest absolute Gasteiger partial charge is 0.0622 e. The van der Waals surface area contributed by atoms with Gasteiger partial charge in [0.15, 0.2) is 0 Å². The first-order valence-electron chi connectivity index (χ1n) is 2.44. The summed E-state index contributed by atoms with van der Waals surface area (Å²) in [6, 6.07) is 9.68. The van der Waals surface area contributed by atoms with Gasteiger partial charge in [0.05, 0.1) is 0 Å². The molecule has 0 aromatic heterocycles. The van der Waals surface area contributed by atoms with Crippen molar-refractivity contribution in [1.82, 2.24) is 0 Å². The molecule has 9 heavy (non-hydrogen) atoms. The number of benzene rings is 1. The van der Waals surface area contributed by atoms with E-state index >= 15 is 0 Å². The maximum Gasteiger partial charge on any atom is 0.0269 e. The Morgan fingerprint density at radius 3 is 2.11 bits per heavy atom. The molecule has 0 aliphatic heterocycles. The molecule has 0 N–H and O–H groups in total. The van der Waals surface area contributed by atoms with Gasteiger partial charge >= 0.3 is 0 Å². The summed E-state index contributed by atoms with van der Waals surface area (Å²) in [6.07, 6.45) is 0. The van der Waals surface area contributed by atoms with Crippen LogP contribution < -0.4 is 0 Å². The van der Waals surface area contributed by atoms with Crippen LogP contribution in [0.2, 0.25) is 0 Å². The van der Waals surface area contributed by atoms with Crippen LogP contribution in [0.25, 0.3) is 0 Å². The van der Waals surface area contributed by atoms with Crippen LogP contribution in [0.3, 0.4) is 0 Å². The molecule has 0 aliphatic rings. The van der Waals surface area contributed by atoms with Crippen LogP contribution >= 0.6 is 10.7 Å². The third kappa shape index (κ3) is 2.05. The van der Waals surface area contributed by atoms with Gasteiger partial charge in [0.25, 0.3) is 0 Å². The first-order valence-corrected chi connectivity index (χ1v) is 5.41.